The molecule has 6 rings (SSSR count). The molecule has 2 aromatic heterocycles. The molecule has 66 heavy (non-hydrogen) atoms. The fourth-order valence-corrected chi connectivity index (χ4v) is 8.75. The highest BCUT2D eigenvalue weighted by Crippen LogP contribution is 2.24. The number of ether oxygens (including phenoxy) is 2. The van der Waals surface area contributed by atoms with Crippen LogP contribution < -0.4 is 18.9 Å². The summed E-state index contributed by atoms with van der Waals surface area (Å²) < 4.78 is 77.4. The molecular formula is C46H58N8O8S4. The first-order chi connectivity index (χ1) is 31.8. The molecule has 20 heteroatoms. The third-order valence-electron chi connectivity index (χ3n) is 9.45. The number of anilines is 2. The zero-order valence-electron chi connectivity index (χ0n) is 37.7. The quantitative estimate of drug-likeness (QED) is 0.0258. The van der Waals surface area contributed by atoms with Crippen LogP contribution in [0.1, 0.15) is 38.8 Å². The molecule has 0 saturated heterocycles. The Labute approximate surface area is 397 Å². The molecule has 0 amide bonds. The number of rotatable bonds is 23. The summed E-state index contributed by atoms with van der Waals surface area (Å²) in [6, 6.07) is 33.1. The SMILES string of the molecule is CCN(CCOCCOCCN(CC)c1ccc(N=Nc2scc[n+]2CC)cc1)c1ccc(N=Nc2scc[n+]2CC)cc1.O=S(=O)([O-])Cc1ccccc1.O=S(=O)([O-])Cc1ccccc1. The Bertz CT molecular complexity index is 2380. The summed E-state index contributed by atoms with van der Waals surface area (Å²) in [5, 5.41) is 23.4. The average Bonchev–Trinajstić information content (AvgIpc) is 3.98. The lowest BCUT2D eigenvalue weighted by molar-refractivity contribution is -0.677. The van der Waals surface area contributed by atoms with Crippen molar-refractivity contribution in [3.05, 3.63) is 143 Å². The van der Waals surface area contributed by atoms with E-state index >= 15 is 0 Å². The van der Waals surface area contributed by atoms with Crippen molar-refractivity contribution in [2.45, 2.75) is 52.3 Å². The molecule has 354 valence electrons. The highest BCUT2D eigenvalue weighted by Gasteiger charge is 2.12. The van der Waals surface area contributed by atoms with Crippen molar-refractivity contribution in [3.63, 3.8) is 0 Å². The van der Waals surface area contributed by atoms with Crippen LogP contribution in [-0.2, 0) is 54.3 Å². The third-order valence-corrected chi connectivity index (χ3v) is 12.4. The number of nitrogens with zero attached hydrogens (tertiary/aromatic N) is 8. The van der Waals surface area contributed by atoms with Crippen LogP contribution in [0.25, 0.3) is 0 Å². The minimum atomic E-state index is -4.13. The maximum absolute atomic E-state index is 10.2. The van der Waals surface area contributed by atoms with Crippen LogP contribution in [-0.4, -0.2) is 78.5 Å². The first-order valence-corrected chi connectivity index (χ1v) is 26.3. The van der Waals surface area contributed by atoms with Gasteiger partial charge in [-0.15, -0.1) is 0 Å². The van der Waals surface area contributed by atoms with E-state index in [1.165, 1.54) is 0 Å². The Balaban J connectivity index is 0.000000350. The Morgan fingerprint density at radius 2 is 0.879 bits per heavy atom. The van der Waals surface area contributed by atoms with Gasteiger partial charge in [0.2, 0.25) is 0 Å². The summed E-state index contributed by atoms with van der Waals surface area (Å²) in [6.07, 6.45) is 4.06. The van der Waals surface area contributed by atoms with Crippen molar-refractivity contribution in [2.75, 3.05) is 62.4 Å². The van der Waals surface area contributed by atoms with Crippen LogP contribution in [0.4, 0.5) is 33.0 Å². The van der Waals surface area contributed by atoms with Crippen molar-refractivity contribution in [1.82, 2.24) is 0 Å². The van der Waals surface area contributed by atoms with E-state index in [2.05, 4.69) is 91.4 Å². The molecule has 0 atom stereocenters. The lowest BCUT2D eigenvalue weighted by Crippen LogP contribution is -2.28. The normalized spacial score (nSPS) is 11.5. The first kappa shape index (κ1) is 53.3. The summed E-state index contributed by atoms with van der Waals surface area (Å²) in [6.45, 7) is 16.1. The van der Waals surface area contributed by atoms with Crippen LogP contribution in [0.5, 0.6) is 0 Å². The van der Waals surface area contributed by atoms with Gasteiger partial charge in [0, 0.05) is 48.3 Å². The number of thiazole rings is 2. The van der Waals surface area contributed by atoms with Gasteiger partial charge < -0.3 is 28.4 Å². The van der Waals surface area contributed by atoms with E-state index in [-0.39, 0.29) is 0 Å². The fraction of sp³-hybridized carbons (Fsp3) is 0.348. The zero-order valence-corrected chi connectivity index (χ0v) is 40.9. The smallest absolute Gasteiger partial charge is 0.408 e. The van der Waals surface area contributed by atoms with Gasteiger partial charge in [0.15, 0.2) is 0 Å². The van der Waals surface area contributed by atoms with E-state index in [4.69, 9.17) is 9.47 Å². The van der Waals surface area contributed by atoms with Crippen LogP contribution in [0.15, 0.2) is 153 Å². The van der Waals surface area contributed by atoms with E-state index in [9.17, 15) is 25.9 Å². The summed E-state index contributed by atoms with van der Waals surface area (Å²) in [5.41, 5.74) is 5.04. The number of likely N-dealkylation sites (N-methyl/N-ethyl adjacent to an activating group) is 2. The van der Waals surface area contributed by atoms with Crippen molar-refractivity contribution in [1.29, 1.82) is 0 Å². The number of aryl methyl sites for hydroxylation is 2. The molecule has 0 unspecified atom stereocenters. The van der Waals surface area contributed by atoms with E-state index in [1.807, 2.05) is 47.4 Å². The third kappa shape index (κ3) is 20.5. The molecule has 2 heterocycles. The van der Waals surface area contributed by atoms with Gasteiger partial charge in [0.25, 0.3) is 0 Å². The Morgan fingerprint density at radius 3 is 1.20 bits per heavy atom. The van der Waals surface area contributed by atoms with Gasteiger partial charge >= 0.3 is 10.3 Å². The number of aromatic nitrogens is 2. The number of benzene rings is 4. The van der Waals surface area contributed by atoms with Gasteiger partial charge in [-0.1, -0.05) is 60.7 Å². The van der Waals surface area contributed by atoms with Gasteiger partial charge in [-0.25, -0.2) is 26.0 Å². The van der Waals surface area contributed by atoms with E-state index in [0.717, 1.165) is 72.3 Å². The molecule has 0 fully saturated rings. The van der Waals surface area contributed by atoms with Crippen molar-refractivity contribution in [3.8, 4) is 0 Å². The maximum Gasteiger partial charge on any atom is 0.408 e. The summed E-state index contributed by atoms with van der Waals surface area (Å²) in [4.78, 5) is 4.59. The topological polar surface area (TPSA) is 197 Å². The lowest BCUT2D eigenvalue weighted by atomic mass is 10.2. The summed E-state index contributed by atoms with van der Waals surface area (Å²) >= 11 is 3.18. The average molecular weight is 979 g/mol. The number of hydrogen-bond donors (Lipinski definition) is 0. The molecule has 4 aromatic carbocycles. The van der Waals surface area contributed by atoms with E-state index in [0.29, 0.717) is 37.6 Å². The molecule has 0 saturated carbocycles. The summed E-state index contributed by atoms with van der Waals surface area (Å²) in [5.74, 6) is -0.846. The minimum Gasteiger partial charge on any atom is -0.748 e. The monoisotopic (exact) mass is 978 g/mol. The number of hydrogen-bond acceptors (Lipinski definition) is 16. The molecule has 0 spiro atoms. The van der Waals surface area contributed by atoms with Crippen LogP contribution in [0.2, 0.25) is 0 Å². The molecule has 0 aliphatic carbocycles. The highest BCUT2D eigenvalue weighted by atomic mass is 32.2. The van der Waals surface area contributed by atoms with Gasteiger partial charge in [0.05, 0.1) is 81.5 Å². The van der Waals surface area contributed by atoms with Crippen molar-refractivity contribution < 1.29 is 44.5 Å². The van der Waals surface area contributed by atoms with Crippen LogP contribution in [0, 0.1) is 0 Å². The highest BCUT2D eigenvalue weighted by molar-refractivity contribution is 7.85. The largest absolute Gasteiger partial charge is 0.748 e. The van der Waals surface area contributed by atoms with E-state index < -0.39 is 31.7 Å². The molecule has 0 N–H and O–H groups in total. The maximum atomic E-state index is 10.2. The first-order valence-electron chi connectivity index (χ1n) is 21.4. The second kappa shape index (κ2) is 28.7. The Kier molecular flexibility index (Phi) is 23.1. The lowest BCUT2D eigenvalue weighted by Gasteiger charge is -2.23. The van der Waals surface area contributed by atoms with Crippen LogP contribution in [0.3, 0.4) is 0 Å². The molecule has 6 aromatic rings. The van der Waals surface area contributed by atoms with Crippen molar-refractivity contribution in [2.24, 2.45) is 20.5 Å². The van der Waals surface area contributed by atoms with E-state index in [1.54, 1.807) is 83.3 Å². The van der Waals surface area contributed by atoms with Crippen LogP contribution >= 0.6 is 22.7 Å². The summed E-state index contributed by atoms with van der Waals surface area (Å²) in [7, 11) is -8.25. The number of azo groups is 2. The Morgan fingerprint density at radius 1 is 0.515 bits per heavy atom. The van der Waals surface area contributed by atoms with Gasteiger partial charge in [0.1, 0.15) is 23.8 Å². The minimum absolute atomic E-state index is 0.423. The standard InChI is InChI=1S/C32H44N8O2S2.2C7H8O3S/c1-5-37(29-13-9-27(10-14-29)33-35-31-39(7-3)19-25-43-31)17-21-41-23-24-42-22-18-38(6-2)30-15-11-28(12-16-30)34-36-32-40(8-4)20-26-44-32;2*8-11(9,10)6-7-4-2-1-3-5-7/h9-16,19-20,25-26H,5-8,17-18,21-24H2,1-4H3;2*1-5H,6H2,(H,8,9,10)/q+2;;/p-2. The second-order valence-electron chi connectivity index (χ2n) is 14.1. The molecule has 16 nitrogen and oxygen atoms in total. The molecular weight excluding hydrogens is 921 g/mol. The Hall–Kier alpha value is -5.32. The molecule has 0 aliphatic heterocycles. The van der Waals surface area contributed by atoms with Gasteiger partial charge in [-0.3, -0.25) is 0 Å². The zero-order chi connectivity index (χ0) is 47.6. The predicted octanol–water partition coefficient (Wildman–Crippen LogP) is 9.10. The molecule has 0 aliphatic rings. The second-order valence-corrected chi connectivity index (χ2v) is 18.7. The predicted molar refractivity (Wildman–Crippen MR) is 259 cm³/mol. The molecule has 0 radical (unpaired) electrons. The van der Waals surface area contributed by atoms with Gasteiger partial charge in [-0.05, 0) is 120 Å². The van der Waals surface area contributed by atoms with Crippen molar-refractivity contribution >= 4 is 75.9 Å². The fourth-order valence-electron chi connectivity index (χ4n) is 6.06. The van der Waals surface area contributed by atoms with Gasteiger partial charge in [-0.2, -0.15) is 0 Å². The molecule has 0 bridgehead atoms.